The quantitative estimate of drug-likeness (QED) is 0.357. The number of imidazole rings is 1. The monoisotopic (exact) mass is 583 g/mol. The molecule has 5 aliphatic carbocycles. The standard InChI is InChI=1S/C30H36F3N7O2/c1-17(2)40-22(7-10-34-40)26(41)37-25(19-5-8-30(32,33)9-6-19)21-13-39-23(36-21)11-20(12-35-39)24(18-3-4-18)38-27(42)28-14-29(31,15-28)16-28/h7,10-13,17-19,24-25H,3-6,8-9,14-16H2,1-2H3,(H,37,41)(H,38,42)/t24?,25-,28-,29-/m0/s1. The van der Waals surface area contributed by atoms with Crippen molar-refractivity contribution in [1.82, 2.24) is 35.0 Å². The first-order valence-corrected chi connectivity index (χ1v) is 15.0. The van der Waals surface area contributed by atoms with Crippen LogP contribution in [0.15, 0.2) is 30.7 Å². The maximum Gasteiger partial charge on any atom is 0.270 e. The number of fused-ring (bicyclic) bond motifs is 1. The number of nitrogens with zero attached hydrogens (tertiary/aromatic N) is 5. The van der Waals surface area contributed by atoms with E-state index in [1.807, 2.05) is 19.9 Å². The molecule has 9 nitrogen and oxygen atoms in total. The van der Waals surface area contributed by atoms with E-state index in [1.54, 1.807) is 33.9 Å². The summed E-state index contributed by atoms with van der Waals surface area (Å²) in [6.07, 6.45) is 7.96. The van der Waals surface area contributed by atoms with E-state index in [4.69, 9.17) is 4.98 Å². The second-order valence-electron chi connectivity index (χ2n) is 13.4. The second kappa shape index (κ2) is 9.54. The number of alkyl halides is 3. The molecule has 1 unspecified atom stereocenters. The highest BCUT2D eigenvalue weighted by atomic mass is 19.3. The summed E-state index contributed by atoms with van der Waals surface area (Å²) in [6, 6.07) is 2.68. The Balaban J connectivity index is 1.16. The highest BCUT2D eigenvalue weighted by Gasteiger charge is 2.73. The molecule has 3 aromatic rings. The van der Waals surface area contributed by atoms with E-state index in [2.05, 4.69) is 20.8 Å². The van der Waals surface area contributed by atoms with E-state index < -0.39 is 23.0 Å². The SMILES string of the molecule is CC(C)n1nccc1C(=O)N[C@H](c1cn2ncc(C(NC(=O)[C@]34C[C@@](F)(C3)C4)C3CC3)cc2n1)C1CCC(F)(F)CC1. The van der Waals surface area contributed by atoms with Gasteiger partial charge in [-0.1, -0.05) is 0 Å². The minimum atomic E-state index is -2.71. The van der Waals surface area contributed by atoms with Crippen LogP contribution >= 0.6 is 0 Å². The van der Waals surface area contributed by atoms with Gasteiger partial charge in [0.05, 0.1) is 35.6 Å². The van der Waals surface area contributed by atoms with Gasteiger partial charge in [0, 0.05) is 25.1 Å². The fraction of sp³-hybridized carbons (Fsp3) is 0.633. The summed E-state index contributed by atoms with van der Waals surface area (Å²) in [5, 5.41) is 15.1. The van der Waals surface area contributed by atoms with Gasteiger partial charge in [0.1, 0.15) is 11.4 Å². The lowest BCUT2D eigenvalue weighted by molar-refractivity contribution is -0.214. The number of hydrogen-bond donors (Lipinski definition) is 2. The Bertz CT molecular complexity index is 1510. The van der Waals surface area contributed by atoms with Crippen molar-refractivity contribution in [2.24, 2.45) is 17.3 Å². The summed E-state index contributed by atoms with van der Waals surface area (Å²) in [4.78, 5) is 31.3. The van der Waals surface area contributed by atoms with Crippen molar-refractivity contribution in [1.29, 1.82) is 0 Å². The van der Waals surface area contributed by atoms with Crippen molar-refractivity contribution >= 4 is 17.5 Å². The van der Waals surface area contributed by atoms with E-state index in [-0.39, 0.29) is 55.5 Å². The van der Waals surface area contributed by atoms with Crippen molar-refractivity contribution in [3.8, 4) is 0 Å². The van der Waals surface area contributed by atoms with Gasteiger partial charge in [0.2, 0.25) is 11.8 Å². The summed E-state index contributed by atoms with van der Waals surface area (Å²) in [5.41, 5.74) is 0.610. The normalized spacial score (nSPS) is 28.1. The van der Waals surface area contributed by atoms with Crippen molar-refractivity contribution in [2.75, 3.05) is 0 Å². The third kappa shape index (κ3) is 4.76. The molecular formula is C30H36F3N7O2. The van der Waals surface area contributed by atoms with E-state index in [9.17, 15) is 22.8 Å². The maximum absolute atomic E-state index is 14.1. The number of rotatable bonds is 9. The lowest BCUT2D eigenvalue weighted by Crippen LogP contribution is -2.70. The van der Waals surface area contributed by atoms with Crippen LogP contribution in [0.2, 0.25) is 0 Å². The number of carbonyl (C=O) groups is 2. The van der Waals surface area contributed by atoms with Gasteiger partial charge in [-0.3, -0.25) is 14.3 Å². The fourth-order valence-corrected chi connectivity index (χ4v) is 7.28. The highest BCUT2D eigenvalue weighted by Crippen LogP contribution is 2.69. The first kappa shape index (κ1) is 27.4. The summed E-state index contributed by atoms with van der Waals surface area (Å²) in [5.74, 6) is -3.06. The molecule has 0 aliphatic heterocycles. The molecule has 0 saturated heterocycles. The van der Waals surface area contributed by atoms with Gasteiger partial charge in [-0.25, -0.2) is 22.7 Å². The van der Waals surface area contributed by atoms with Gasteiger partial charge in [-0.2, -0.15) is 10.2 Å². The van der Waals surface area contributed by atoms with Crippen LogP contribution in [0.3, 0.4) is 0 Å². The molecule has 3 aromatic heterocycles. The molecule has 0 spiro atoms. The number of aromatic nitrogens is 5. The van der Waals surface area contributed by atoms with Crippen LogP contribution in [-0.2, 0) is 4.79 Å². The molecule has 2 bridgehead atoms. The van der Waals surface area contributed by atoms with Crippen molar-refractivity contribution in [2.45, 2.75) is 101 Å². The van der Waals surface area contributed by atoms with Crippen LogP contribution in [0.5, 0.6) is 0 Å². The van der Waals surface area contributed by atoms with Gasteiger partial charge >= 0.3 is 0 Å². The largest absolute Gasteiger partial charge is 0.348 e. The Hall–Kier alpha value is -3.44. The minimum Gasteiger partial charge on any atom is -0.348 e. The number of hydrogen-bond acceptors (Lipinski definition) is 5. The number of amides is 2. The molecule has 42 heavy (non-hydrogen) atoms. The van der Waals surface area contributed by atoms with Crippen molar-refractivity contribution in [3.05, 3.63) is 47.7 Å². The van der Waals surface area contributed by atoms with Crippen LogP contribution < -0.4 is 10.6 Å². The summed E-state index contributed by atoms with van der Waals surface area (Å²) >= 11 is 0. The summed E-state index contributed by atoms with van der Waals surface area (Å²) in [6.45, 7) is 3.86. The number of carbonyl (C=O) groups excluding carboxylic acids is 2. The molecule has 0 radical (unpaired) electrons. The third-order valence-electron chi connectivity index (χ3n) is 9.78. The maximum atomic E-state index is 14.1. The predicted octanol–water partition coefficient (Wildman–Crippen LogP) is 5.26. The average molecular weight is 584 g/mol. The van der Waals surface area contributed by atoms with Crippen LogP contribution in [0, 0.1) is 17.3 Å². The molecule has 2 amide bonds. The first-order valence-electron chi connectivity index (χ1n) is 15.0. The molecule has 2 atom stereocenters. The van der Waals surface area contributed by atoms with E-state index >= 15 is 0 Å². The second-order valence-corrected chi connectivity index (χ2v) is 13.4. The molecular weight excluding hydrogens is 547 g/mol. The summed E-state index contributed by atoms with van der Waals surface area (Å²) in [7, 11) is 0. The Labute approximate surface area is 241 Å². The molecule has 5 fully saturated rings. The minimum absolute atomic E-state index is 0.0296. The van der Waals surface area contributed by atoms with Gasteiger partial charge in [0.25, 0.3) is 5.91 Å². The lowest BCUT2D eigenvalue weighted by Gasteiger charge is -2.64. The fourth-order valence-electron chi connectivity index (χ4n) is 7.28. The number of halogens is 3. The number of nitrogens with one attached hydrogen (secondary N) is 2. The Morgan fingerprint density at radius 3 is 2.31 bits per heavy atom. The van der Waals surface area contributed by atoms with Crippen LogP contribution in [0.1, 0.15) is 112 Å². The van der Waals surface area contributed by atoms with E-state index in [0.29, 0.717) is 42.2 Å². The van der Waals surface area contributed by atoms with E-state index in [0.717, 1.165) is 18.4 Å². The topological polar surface area (TPSA) is 106 Å². The Kier molecular flexibility index (Phi) is 6.22. The molecule has 12 heteroatoms. The average Bonchev–Trinajstić information content (AvgIpc) is 3.46. The Morgan fingerprint density at radius 1 is 0.976 bits per heavy atom. The summed E-state index contributed by atoms with van der Waals surface area (Å²) < 4.78 is 45.4. The molecule has 224 valence electrons. The van der Waals surface area contributed by atoms with Crippen molar-refractivity contribution < 1.29 is 22.8 Å². The van der Waals surface area contributed by atoms with Gasteiger partial charge in [-0.05, 0) is 88.3 Å². The third-order valence-corrected chi connectivity index (χ3v) is 9.78. The zero-order valence-corrected chi connectivity index (χ0v) is 23.8. The van der Waals surface area contributed by atoms with Crippen LogP contribution in [0.25, 0.3) is 5.65 Å². The smallest absolute Gasteiger partial charge is 0.270 e. The van der Waals surface area contributed by atoms with E-state index in [1.165, 1.54) is 0 Å². The van der Waals surface area contributed by atoms with Crippen LogP contribution in [-0.4, -0.2) is 47.8 Å². The molecule has 2 N–H and O–H groups in total. The zero-order chi connectivity index (χ0) is 29.4. The van der Waals surface area contributed by atoms with Gasteiger partial charge in [-0.15, -0.1) is 0 Å². The predicted molar refractivity (Wildman–Crippen MR) is 146 cm³/mol. The van der Waals surface area contributed by atoms with Gasteiger partial charge < -0.3 is 10.6 Å². The lowest BCUT2D eigenvalue weighted by atomic mass is 9.42. The highest BCUT2D eigenvalue weighted by molar-refractivity contribution is 5.92. The van der Waals surface area contributed by atoms with Gasteiger partial charge in [0.15, 0.2) is 5.65 Å². The molecule has 0 aromatic carbocycles. The molecule has 5 saturated carbocycles. The molecule has 8 rings (SSSR count). The first-order chi connectivity index (χ1) is 19.9. The van der Waals surface area contributed by atoms with Crippen LogP contribution in [0.4, 0.5) is 13.2 Å². The zero-order valence-electron chi connectivity index (χ0n) is 23.8. The molecule has 5 aliphatic rings. The Morgan fingerprint density at radius 2 is 1.67 bits per heavy atom. The van der Waals surface area contributed by atoms with Crippen molar-refractivity contribution in [3.63, 3.8) is 0 Å². The molecule has 3 heterocycles.